The summed E-state index contributed by atoms with van der Waals surface area (Å²) in [5.41, 5.74) is 9.54. The van der Waals surface area contributed by atoms with Crippen molar-refractivity contribution in [2.45, 2.75) is 115 Å². The molecule has 6 aromatic rings. The smallest absolute Gasteiger partial charge is 0.406 e. The molecule has 0 radical (unpaired) electrons. The van der Waals surface area contributed by atoms with E-state index in [9.17, 15) is 15.2 Å². The molecule has 17 heteroatoms. The molecule has 3 aliphatic rings. The van der Waals surface area contributed by atoms with Crippen LogP contribution in [0.3, 0.4) is 0 Å². The summed E-state index contributed by atoms with van der Waals surface area (Å²) in [5.74, 6) is 13.9. The maximum Gasteiger partial charge on any atom is 0.406 e. The number of benzene rings is 2. The molecule has 9 rings (SSSR count). The minimum absolute atomic E-state index is 0.125. The number of rotatable bonds is 13. The third kappa shape index (κ3) is 15.6. The normalized spacial score (nSPS) is 17.0. The number of pyridine rings is 2. The van der Waals surface area contributed by atoms with Crippen molar-refractivity contribution in [1.29, 1.82) is 0 Å². The molecule has 1 unspecified atom stereocenters. The van der Waals surface area contributed by atoms with Gasteiger partial charge in [0.05, 0.1) is 19.8 Å². The van der Waals surface area contributed by atoms with Gasteiger partial charge >= 0.3 is 5.82 Å². The Morgan fingerprint density at radius 3 is 1.78 bits per heavy atom. The van der Waals surface area contributed by atoms with Crippen molar-refractivity contribution in [3.05, 3.63) is 128 Å². The van der Waals surface area contributed by atoms with Crippen molar-refractivity contribution in [3.63, 3.8) is 0 Å². The van der Waals surface area contributed by atoms with E-state index in [1.54, 1.807) is 48.8 Å². The van der Waals surface area contributed by atoms with Crippen molar-refractivity contribution in [1.82, 2.24) is 29.7 Å². The maximum absolute atomic E-state index is 11.7. The number of nitrogens with zero attached hydrogens (tertiary/aromatic N) is 7. The molecule has 15 nitrogen and oxygen atoms in total. The minimum Gasteiger partial charge on any atom is -0.485 e. The zero-order valence-electron chi connectivity index (χ0n) is 43.1. The lowest BCUT2D eigenvalue weighted by Gasteiger charge is -2.29. The fourth-order valence-electron chi connectivity index (χ4n) is 8.66. The molecule has 3 saturated heterocycles. The number of anilines is 1. The zero-order valence-corrected chi connectivity index (χ0v) is 44.8. The summed E-state index contributed by atoms with van der Waals surface area (Å²) < 4.78 is 23.7. The number of nitrogen functional groups attached to an aromatic ring is 1. The summed E-state index contributed by atoms with van der Waals surface area (Å²) in [6.07, 6.45) is 14.3. The summed E-state index contributed by atoms with van der Waals surface area (Å²) in [6, 6.07) is 19.0. The first kappa shape index (κ1) is 54.0. The molecular formula is C57H66N8O7S2. The van der Waals surface area contributed by atoms with Gasteiger partial charge in [0.2, 0.25) is 5.75 Å². The Labute approximate surface area is 442 Å². The van der Waals surface area contributed by atoms with Gasteiger partial charge in [-0.2, -0.15) is 0 Å². The molecule has 2 aromatic carbocycles. The number of nitrogens with two attached hydrogens (primary N) is 1. The molecular weight excluding hydrogens is 973 g/mol. The standard InChI is InChI=1S/C31H36N4O5S.C26H30N4O2S/c1-31(2,40-28-9-4-5-16-38-28)13-10-22-7-6-8-23(17-22)21-39-26-18-25(19-32-29(26)35(36)37)27-20-33-30(41-27)24-11-14-34(3)15-12-24;1-26(2,31)10-7-18-5-4-6-19(13-18)17-32-22-14-21(15-28-24(22)27)23-16-29-25(33-23)20-8-11-30(3)12-9-20/h6-8,17-20,24,28H,4-5,9,11-12,14-16,21H2,1-3H3;4-6,13-16,20,31H,8-9,11-12,17H2,1-3H3,(H2,27,28). The van der Waals surface area contributed by atoms with Gasteiger partial charge in [-0.1, -0.05) is 47.9 Å². The Morgan fingerprint density at radius 2 is 1.26 bits per heavy atom. The molecule has 1 atom stereocenters. The van der Waals surface area contributed by atoms with E-state index >= 15 is 0 Å². The second-order valence-electron chi connectivity index (χ2n) is 20.2. The Morgan fingerprint density at radius 1 is 0.730 bits per heavy atom. The van der Waals surface area contributed by atoms with E-state index in [1.807, 2.05) is 80.8 Å². The molecule has 3 N–H and O–H groups in total. The van der Waals surface area contributed by atoms with E-state index in [1.165, 1.54) is 11.2 Å². The monoisotopic (exact) mass is 1040 g/mol. The number of ether oxygens (including phenoxy) is 4. The van der Waals surface area contributed by atoms with Crippen molar-refractivity contribution in [2.24, 2.45) is 0 Å². The molecule has 3 fully saturated rings. The van der Waals surface area contributed by atoms with Crippen LogP contribution in [-0.2, 0) is 22.7 Å². The first-order chi connectivity index (χ1) is 35.5. The quantitative estimate of drug-likeness (QED) is 0.0632. The summed E-state index contributed by atoms with van der Waals surface area (Å²) in [6.45, 7) is 12.7. The van der Waals surface area contributed by atoms with Crippen LogP contribution in [0, 0.1) is 33.8 Å². The minimum atomic E-state index is -1.03. The highest BCUT2D eigenvalue weighted by Gasteiger charge is 2.26. The molecule has 0 spiro atoms. The highest BCUT2D eigenvalue weighted by atomic mass is 32.1. The predicted molar refractivity (Wildman–Crippen MR) is 291 cm³/mol. The summed E-state index contributed by atoms with van der Waals surface area (Å²) in [7, 11) is 4.31. The summed E-state index contributed by atoms with van der Waals surface area (Å²) >= 11 is 3.35. The second kappa shape index (κ2) is 24.8. The van der Waals surface area contributed by atoms with Crippen LogP contribution in [0.15, 0.2) is 85.5 Å². The van der Waals surface area contributed by atoms with Gasteiger partial charge < -0.3 is 49.7 Å². The lowest BCUT2D eigenvalue weighted by atomic mass is 9.98. The van der Waals surface area contributed by atoms with Crippen LogP contribution in [0.5, 0.6) is 11.5 Å². The van der Waals surface area contributed by atoms with Gasteiger partial charge in [-0.25, -0.2) is 15.0 Å². The Kier molecular flexibility index (Phi) is 18.1. The maximum atomic E-state index is 11.7. The molecule has 3 aliphatic heterocycles. The number of likely N-dealkylation sites (tertiary alicyclic amines) is 2. The second-order valence-corrected chi connectivity index (χ2v) is 22.3. The number of piperidine rings is 2. The van der Waals surface area contributed by atoms with E-state index in [0.717, 1.165) is 126 Å². The first-order valence-electron chi connectivity index (χ1n) is 25.2. The van der Waals surface area contributed by atoms with Gasteiger partial charge in [0.15, 0.2) is 17.9 Å². The highest BCUT2D eigenvalue weighted by Crippen LogP contribution is 2.39. The molecule has 0 saturated carbocycles. The third-order valence-electron chi connectivity index (χ3n) is 12.9. The van der Waals surface area contributed by atoms with Crippen molar-refractivity contribution in [3.8, 4) is 56.1 Å². The molecule has 0 amide bonds. The van der Waals surface area contributed by atoms with Gasteiger partial charge in [0.1, 0.15) is 30.6 Å². The van der Waals surface area contributed by atoms with Crippen molar-refractivity contribution < 1.29 is 29.0 Å². The average Bonchev–Trinajstić information content (AvgIpc) is 4.10. The molecule has 388 valence electrons. The Hall–Kier alpha value is -6.28. The third-order valence-corrected chi connectivity index (χ3v) is 15.3. The zero-order chi connectivity index (χ0) is 52.2. The molecule has 4 aromatic heterocycles. The number of nitro groups is 1. The van der Waals surface area contributed by atoms with Gasteiger partial charge in [0.25, 0.3) is 0 Å². The molecule has 0 bridgehead atoms. The number of aliphatic hydroxyl groups is 1. The fourth-order valence-corrected chi connectivity index (χ4v) is 10.8. The first-order valence-corrected chi connectivity index (χ1v) is 26.9. The highest BCUT2D eigenvalue weighted by molar-refractivity contribution is 7.15. The summed E-state index contributed by atoms with van der Waals surface area (Å²) in [5, 5.41) is 23.8. The fraction of sp³-hybridized carbons (Fsp3) is 0.439. The van der Waals surface area contributed by atoms with Gasteiger partial charge in [-0.3, -0.25) is 0 Å². The largest absolute Gasteiger partial charge is 0.485 e. The van der Waals surface area contributed by atoms with Crippen molar-refractivity contribution >= 4 is 34.3 Å². The Bertz CT molecular complexity index is 2980. The number of aromatic nitrogens is 4. The van der Waals surface area contributed by atoms with Gasteiger partial charge in [0, 0.05) is 65.4 Å². The SMILES string of the molecule is CN1CCC(c2ncc(-c3cnc(N)c(OCc4cccc(C#CC(C)(C)O)c4)c3)s2)CC1.CN1CCC(c2ncc(-c3cnc([N+](=O)[O-])c(OCc4cccc(C#CC(C)(C)OC5CCCCO5)c4)c3)s2)CC1. The number of thiazole rings is 2. The lowest BCUT2D eigenvalue weighted by Crippen LogP contribution is -2.33. The van der Waals surface area contributed by atoms with Crippen LogP contribution in [0.4, 0.5) is 11.6 Å². The van der Waals surface area contributed by atoms with Crippen LogP contribution in [0.2, 0.25) is 0 Å². The average molecular weight is 1040 g/mol. The number of hydrogen-bond donors (Lipinski definition) is 2. The van der Waals surface area contributed by atoms with Crippen molar-refractivity contribution in [2.75, 3.05) is 52.6 Å². The van der Waals surface area contributed by atoms with Crippen LogP contribution >= 0.6 is 22.7 Å². The van der Waals surface area contributed by atoms with E-state index in [-0.39, 0.29) is 24.5 Å². The molecule has 74 heavy (non-hydrogen) atoms. The van der Waals surface area contributed by atoms with Gasteiger partial charge in [-0.05, 0) is 164 Å². The molecule has 7 heterocycles. The predicted octanol–water partition coefficient (Wildman–Crippen LogP) is 10.5. The van der Waals surface area contributed by atoms with Crippen LogP contribution in [-0.4, -0.2) is 104 Å². The van der Waals surface area contributed by atoms with E-state index in [4.69, 9.17) is 29.7 Å². The summed E-state index contributed by atoms with van der Waals surface area (Å²) in [4.78, 5) is 35.7. The number of hydrogen-bond acceptors (Lipinski definition) is 16. The van der Waals surface area contributed by atoms with Gasteiger partial charge in [-0.15, -0.1) is 22.7 Å². The topological polar surface area (TPSA) is 184 Å². The van der Waals surface area contributed by atoms with Crippen LogP contribution in [0.1, 0.15) is 117 Å². The van der Waals surface area contributed by atoms with E-state index < -0.39 is 16.1 Å². The van der Waals surface area contributed by atoms with Crippen LogP contribution < -0.4 is 15.2 Å². The van der Waals surface area contributed by atoms with E-state index in [0.29, 0.717) is 30.0 Å². The molecule has 0 aliphatic carbocycles. The Balaban J connectivity index is 0.000000202. The lowest BCUT2D eigenvalue weighted by molar-refractivity contribution is -0.390. The van der Waals surface area contributed by atoms with Crippen LogP contribution in [0.25, 0.3) is 20.9 Å². The van der Waals surface area contributed by atoms with E-state index in [2.05, 4.69) is 62.5 Å².